The van der Waals surface area contributed by atoms with Gasteiger partial charge in [0, 0.05) is 25.2 Å². The van der Waals surface area contributed by atoms with Crippen LogP contribution in [0.15, 0.2) is 12.1 Å². The van der Waals surface area contributed by atoms with Crippen LogP contribution < -0.4 is 4.90 Å². The monoisotopic (exact) mass is 259 g/mol. The number of anilines is 1. The van der Waals surface area contributed by atoms with E-state index in [1.807, 2.05) is 17.9 Å². The average molecular weight is 259 g/mol. The molecule has 1 aliphatic heterocycles. The summed E-state index contributed by atoms with van der Waals surface area (Å²) in [5.74, 6) is 0.0715. The van der Waals surface area contributed by atoms with E-state index in [9.17, 15) is 4.79 Å². The molecule has 5 nitrogen and oxygen atoms in total. The zero-order chi connectivity index (χ0) is 13.8. The summed E-state index contributed by atoms with van der Waals surface area (Å²) in [4.78, 5) is 17.3. The highest BCUT2D eigenvalue weighted by Gasteiger charge is 2.24. The molecule has 1 unspecified atom stereocenters. The van der Waals surface area contributed by atoms with Crippen LogP contribution in [0.25, 0.3) is 0 Å². The minimum absolute atomic E-state index is 0.139. The molecule has 2 heterocycles. The first-order valence-electron chi connectivity index (χ1n) is 6.44. The van der Waals surface area contributed by atoms with E-state index < -0.39 is 5.97 Å². The number of carboxylic acids is 1. The minimum atomic E-state index is -0.760. The van der Waals surface area contributed by atoms with Crippen molar-refractivity contribution < 1.29 is 9.90 Å². The lowest BCUT2D eigenvalue weighted by Gasteiger charge is -2.33. The van der Waals surface area contributed by atoms with Crippen LogP contribution in [0.1, 0.15) is 30.5 Å². The number of aryl methyl sites for hydroxylation is 1. The summed E-state index contributed by atoms with van der Waals surface area (Å²) in [5, 5.41) is 18.0. The van der Waals surface area contributed by atoms with Crippen molar-refractivity contribution in [3.63, 3.8) is 0 Å². The molecule has 1 aromatic rings. The van der Waals surface area contributed by atoms with Crippen molar-refractivity contribution in [3.8, 4) is 6.07 Å². The van der Waals surface area contributed by atoms with E-state index in [2.05, 4.69) is 11.1 Å². The maximum Gasteiger partial charge on any atom is 0.303 e. The Kier molecular flexibility index (Phi) is 4.00. The molecule has 19 heavy (non-hydrogen) atoms. The number of nitriles is 1. The summed E-state index contributed by atoms with van der Waals surface area (Å²) < 4.78 is 0. The second-order valence-electron chi connectivity index (χ2n) is 4.99. The molecule has 1 N–H and O–H groups in total. The summed E-state index contributed by atoms with van der Waals surface area (Å²) in [6, 6.07) is 5.75. The first kappa shape index (κ1) is 13.3. The van der Waals surface area contributed by atoms with Crippen LogP contribution in [0, 0.1) is 24.2 Å². The average Bonchev–Trinajstić information content (AvgIpc) is 2.38. The molecule has 2 rings (SSSR count). The van der Waals surface area contributed by atoms with Gasteiger partial charge in [0.15, 0.2) is 0 Å². The van der Waals surface area contributed by atoms with Gasteiger partial charge in [-0.3, -0.25) is 4.79 Å². The van der Waals surface area contributed by atoms with Crippen LogP contribution in [0.4, 0.5) is 5.82 Å². The largest absolute Gasteiger partial charge is 0.481 e. The number of aromatic nitrogens is 1. The third-order valence-corrected chi connectivity index (χ3v) is 3.42. The zero-order valence-electron chi connectivity index (χ0n) is 11.0. The highest BCUT2D eigenvalue weighted by molar-refractivity contribution is 5.67. The smallest absolute Gasteiger partial charge is 0.303 e. The molecule has 0 spiro atoms. The number of nitrogens with zero attached hydrogens (tertiary/aromatic N) is 3. The van der Waals surface area contributed by atoms with E-state index in [4.69, 9.17) is 10.4 Å². The highest BCUT2D eigenvalue weighted by atomic mass is 16.4. The Bertz CT molecular complexity index is 522. The van der Waals surface area contributed by atoms with Gasteiger partial charge < -0.3 is 10.0 Å². The van der Waals surface area contributed by atoms with Gasteiger partial charge in [-0.25, -0.2) is 4.98 Å². The van der Waals surface area contributed by atoms with Crippen LogP contribution >= 0.6 is 0 Å². The van der Waals surface area contributed by atoms with Gasteiger partial charge in [0.05, 0.1) is 5.56 Å². The van der Waals surface area contributed by atoms with E-state index in [1.165, 1.54) is 0 Å². The highest BCUT2D eigenvalue weighted by Crippen LogP contribution is 2.26. The van der Waals surface area contributed by atoms with Crippen molar-refractivity contribution in [2.24, 2.45) is 5.92 Å². The molecule has 5 heteroatoms. The van der Waals surface area contributed by atoms with Crippen LogP contribution in [0.2, 0.25) is 0 Å². The van der Waals surface area contributed by atoms with Crippen molar-refractivity contribution in [2.75, 3.05) is 18.0 Å². The van der Waals surface area contributed by atoms with Gasteiger partial charge in [-0.15, -0.1) is 0 Å². The molecule has 1 atom stereocenters. The third-order valence-electron chi connectivity index (χ3n) is 3.42. The molecule has 0 saturated carbocycles. The third kappa shape index (κ3) is 3.22. The molecule has 0 amide bonds. The van der Waals surface area contributed by atoms with E-state index >= 15 is 0 Å². The molecule has 1 fully saturated rings. The molecular formula is C14H17N3O2. The topological polar surface area (TPSA) is 77.2 Å². The van der Waals surface area contributed by atoms with E-state index in [0.29, 0.717) is 17.9 Å². The summed E-state index contributed by atoms with van der Waals surface area (Å²) in [6.07, 6.45) is 2.05. The second-order valence-corrected chi connectivity index (χ2v) is 4.99. The molecular weight excluding hydrogens is 242 g/mol. The SMILES string of the molecule is Cc1ccc(C#N)c(N2CCCC(CC(=O)O)C2)n1. The number of hydrogen-bond donors (Lipinski definition) is 1. The Labute approximate surface area is 112 Å². The summed E-state index contributed by atoms with van der Waals surface area (Å²) in [6.45, 7) is 3.39. The molecule has 1 saturated heterocycles. The molecule has 0 bridgehead atoms. The Morgan fingerprint density at radius 1 is 1.63 bits per heavy atom. The summed E-state index contributed by atoms with van der Waals surface area (Å²) in [5.41, 5.74) is 1.43. The maximum absolute atomic E-state index is 10.8. The Morgan fingerprint density at radius 2 is 2.42 bits per heavy atom. The van der Waals surface area contributed by atoms with E-state index in [-0.39, 0.29) is 12.3 Å². The van der Waals surface area contributed by atoms with Crippen molar-refractivity contribution in [3.05, 3.63) is 23.4 Å². The van der Waals surface area contributed by atoms with Crippen LogP contribution in [0.3, 0.4) is 0 Å². The Morgan fingerprint density at radius 3 is 3.11 bits per heavy atom. The number of rotatable bonds is 3. The molecule has 0 aliphatic carbocycles. The summed E-state index contributed by atoms with van der Waals surface area (Å²) in [7, 11) is 0. The molecule has 1 aliphatic rings. The second kappa shape index (κ2) is 5.70. The van der Waals surface area contributed by atoms with Gasteiger partial charge in [-0.1, -0.05) is 0 Å². The number of aliphatic carboxylic acids is 1. The molecule has 1 aromatic heterocycles. The van der Waals surface area contributed by atoms with E-state index in [0.717, 1.165) is 25.1 Å². The number of piperidine rings is 1. The standard InChI is InChI=1S/C14H17N3O2/c1-10-4-5-12(8-15)14(16-10)17-6-2-3-11(9-17)7-13(18)19/h4-5,11H,2-3,6-7,9H2,1H3,(H,18,19). The van der Waals surface area contributed by atoms with Crippen molar-refractivity contribution in [1.29, 1.82) is 5.26 Å². The molecule has 100 valence electrons. The van der Waals surface area contributed by atoms with Crippen molar-refractivity contribution in [2.45, 2.75) is 26.2 Å². The maximum atomic E-state index is 10.8. The lowest BCUT2D eigenvalue weighted by molar-refractivity contribution is -0.138. The van der Waals surface area contributed by atoms with E-state index in [1.54, 1.807) is 6.07 Å². The predicted molar refractivity (Wildman–Crippen MR) is 70.9 cm³/mol. The zero-order valence-corrected chi connectivity index (χ0v) is 11.0. The van der Waals surface area contributed by atoms with Crippen LogP contribution in [-0.4, -0.2) is 29.1 Å². The first-order valence-corrected chi connectivity index (χ1v) is 6.44. The van der Waals surface area contributed by atoms with Crippen LogP contribution in [-0.2, 0) is 4.79 Å². The van der Waals surface area contributed by atoms with Gasteiger partial charge in [0.1, 0.15) is 11.9 Å². The number of carboxylic acid groups (broad SMARTS) is 1. The van der Waals surface area contributed by atoms with Gasteiger partial charge >= 0.3 is 5.97 Å². The summed E-state index contributed by atoms with van der Waals surface area (Å²) >= 11 is 0. The molecule has 0 aromatic carbocycles. The van der Waals surface area contributed by atoms with Gasteiger partial charge in [-0.2, -0.15) is 5.26 Å². The van der Waals surface area contributed by atoms with Crippen LogP contribution in [0.5, 0.6) is 0 Å². The van der Waals surface area contributed by atoms with Crippen molar-refractivity contribution in [1.82, 2.24) is 4.98 Å². The fraction of sp³-hybridized carbons (Fsp3) is 0.500. The fourth-order valence-corrected chi connectivity index (χ4v) is 2.54. The Hall–Kier alpha value is -2.09. The first-order chi connectivity index (χ1) is 9.10. The number of hydrogen-bond acceptors (Lipinski definition) is 4. The normalized spacial score (nSPS) is 18.9. The van der Waals surface area contributed by atoms with Gasteiger partial charge in [0.25, 0.3) is 0 Å². The van der Waals surface area contributed by atoms with Crippen molar-refractivity contribution >= 4 is 11.8 Å². The lowest BCUT2D eigenvalue weighted by atomic mass is 9.94. The number of carbonyl (C=O) groups is 1. The molecule has 0 radical (unpaired) electrons. The lowest BCUT2D eigenvalue weighted by Crippen LogP contribution is -2.37. The fourth-order valence-electron chi connectivity index (χ4n) is 2.54. The van der Waals surface area contributed by atoms with Gasteiger partial charge in [-0.05, 0) is 37.8 Å². The quantitative estimate of drug-likeness (QED) is 0.897. The number of pyridine rings is 1. The Balaban J connectivity index is 2.19. The predicted octanol–water partition coefficient (Wildman–Crippen LogP) is 1.95. The minimum Gasteiger partial charge on any atom is -0.481 e. The van der Waals surface area contributed by atoms with Gasteiger partial charge in [0.2, 0.25) is 0 Å².